The molecule has 0 radical (unpaired) electrons. The van der Waals surface area contributed by atoms with Gasteiger partial charge in [-0.1, -0.05) is 13.3 Å². The van der Waals surface area contributed by atoms with Gasteiger partial charge in [0.2, 0.25) is 0 Å². The van der Waals surface area contributed by atoms with E-state index < -0.39 is 0 Å². The first-order chi connectivity index (χ1) is 5.41. The molecule has 3 heteroatoms. The molecule has 0 saturated carbocycles. The zero-order valence-corrected chi connectivity index (χ0v) is 8.92. The minimum Gasteiger partial charge on any atom is -0.380 e. The van der Waals surface area contributed by atoms with E-state index in [9.17, 15) is 0 Å². The Morgan fingerprint density at radius 3 is 2.73 bits per heavy atom. The second-order valence-electron chi connectivity index (χ2n) is 2.30. The predicted octanol–water partition coefficient (Wildman–Crippen LogP) is 2.47. The van der Waals surface area contributed by atoms with E-state index in [1.807, 2.05) is 11.8 Å². The van der Waals surface area contributed by atoms with E-state index in [-0.39, 0.29) is 0 Å². The molecule has 1 nitrogen and oxygen atoms in total. The number of ether oxygens (including phenoxy) is 1. The van der Waals surface area contributed by atoms with Crippen LogP contribution in [0.1, 0.15) is 19.8 Å². The summed E-state index contributed by atoms with van der Waals surface area (Å²) in [6.45, 7) is 3.89. The second-order valence-corrected chi connectivity index (χ2v) is 3.97. The Bertz CT molecular complexity index is 61.1. The smallest absolute Gasteiger partial charge is 0.0557 e. The molecular weight excluding hydrogens is 176 g/mol. The molecule has 0 amide bonds. The average molecular weight is 194 g/mol. The summed E-state index contributed by atoms with van der Waals surface area (Å²) in [4.78, 5) is 0. The summed E-state index contributed by atoms with van der Waals surface area (Å²) in [6, 6.07) is 0. The maximum absolute atomic E-state index is 5.27. The number of thioether (sulfide) groups is 1. The minimum atomic E-state index is 0.789. The first-order valence-electron chi connectivity index (χ1n) is 4.18. The van der Waals surface area contributed by atoms with Crippen molar-refractivity contribution in [1.29, 1.82) is 0 Å². The molecule has 0 bridgehead atoms. The van der Waals surface area contributed by atoms with Crippen molar-refractivity contribution in [3.05, 3.63) is 0 Å². The maximum atomic E-state index is 5.27. The molecule has 0 atom stereocenters. The molecule has 0 rings (SSSR count). The van der Waals surface area contributed by atoms with Gasteiger partial charge in [0.15, 0.2) is 0 Å². The van der Waals surface area contributed by atoms with E-state index in [0.29, 0.717) is 0 Å². The Morgan fingerprint density at radius 2 is 2.09 bits per heavy atom. The zero-order chi connectivity index (χ0) is 8.36. The number of unbranched alkanes of at least 4 members (excludes halogenated alkanes) is 1. The number of hydrogen-bond acceptors (Lipinski definition) is 3. The SMILES string of the molecule is CCCCSCCOCCS. The Morgan fingerprint density at radius 1 is 1.27 bits per heavy atom. The summed E-state index contributed by atoms with van der Waals surface area (Å²) in [7, 11) is 0. The Labute approximate surface area is 79.7 Å². The molecular formula is C8H18OS2. The van der Waals surface area contributed by atoms with E-state index in [2.05, 4.69) is 19.6 Å². The fourth-order valence-electron chi connectivity index (χ4n) is 0.633. The molecule has 0 aromatic carbocycles. The molecule has 0 unspecified atom stereocenters. The van der Waals surface area contributed by atoms with Crippen LogP contribution in [0.5, 0.6) is 0 Å². The van der Waals surface area contributed by atoms with Gasteiger partial charge < -0.3 is 4.74 Å². The van der Waals surface area contributed by atoms with Crippen molar-refractivity contribution in [2.45, 2.75) is 19.8 Å². The molecule has 0 aromatic rings. The third-order valence-electron chi connectivity index (χ3n) is 1.25. The highest BCUT2D eigenvalue weighted by Crippen LogP contribution is 2.03. The van der Waals surface area contributed by atoms with Crippen LogP contribution in [0.2, 0.25) is 0 Å². The lowest BCUT2D eigenvalue weighted by molar-refractivity contribution is 0.167. The van der Waals surface area contributed by atoms with Crippen molar-refractivity contribution in [2.24, 2.45) is 0 Å². The Kier molecular flexibility index (Phi) is 11.3. The van der Waals surface area contributed by atoms with Crippen LogP contribution in [-0.4, -0.2) is 30.5 Å². The second kappa shape index (κ2) is 10.7. The summed E-state index contributed by atoms with van der Waals surface area (Å²) in [5.74, 6) is 3.24. The number of thiol groups is 1. The van der Waals surface area contributed by atoms with Crippen LogP contribution in [-0.2, 0) is 4.74 Å². The van der Waals surface area contributed by atoms with Gasteiger partial charge in [-0.25, -0.2) is 0 Å². The predicted molar refractivity (Wildman–Crippen MR) is 56.9 cm³/mol. The van der Waals surface area contributed by atoms with E-state index in [4.69, 9.17) is 4.74 Å². The molecule has 0 aliphatic rings. The molecule has 0 saturated heterocycles. The molecule has 0 aliphatic heterocycles. The highest BCUT2D eigenvalue weighted by molar-refractivity contribution is 7.99. The number of hydrogen-bond donors (Lipinski definition) is 1. The lowest BCUT2D eigenvalue weighted by Gasteiger charge is -2.01. The molecule has 0 heterocycles. The van der Waals surface area contributed by atoms with Gasteiger partial charge in [-0.2, -0.15) is 24.4 Å². The Hall–Kier alpha value is 0.660. The molecule has 0 aliphatic carbocycles. The highest BCUT2D eigenvalue weighted by Gasteiger charge is 1.88. The Balaban J connectivity index is 2.69. The van der Waals surface area contributed by atoms with Crippen molar-refractivity contribution < 1.29 is 4.74 Å². The molecule has 68 valence electrons. The summed E-state index contributed by atoms with van der Waals surface area (Å²) < 4.78 is 5.27. The maximum Gasteiger partial charge on any atom is 0.0557 e. The lowest BCUT2D eigenvalue weighted by atomic mass is 10.4. The quantitative estimate of drug-likeness (QED) is 0.469. The van der Waals surface area contributed by atoms with Crippen LogP contribution in [0.4, 0.5) is 0 Å². The van der Waals surface area contributed by atoms with Gasteiger partial charge in [-0.3, -0.25) is 0 Å². The summed E-state index contributed by atoms with van der Waals surface area (Å²) >= 11 is 6.03. The van der Waals surface area contributed by atoms with E-state index in [0.717, 1.165) is 24.7 Å². The van der Waals surface area contributed by atoms with Crippen molar-refractivity contribution >= 4 is 24.4 Å². The minimum absolute atomic E-state index is 0.789. The van der Waals surface area contributed by atoms with Gasteiger partial charge in [0.1, 0.15) is 0 Å². The van der Waals surface area contributed by atoms with Gasteiger partial charge in [0.25, 0.3) is 0 Å². The van der Waals surface area contributed by atoms with Gasteiger partial charge in [0.05, 0.1) is 13.2 Å². The molecule has 0 aromatic heterocycles. The van der Waals surface area contributed by atoms with Crippen molar-refractivity contribution in [3.8, 4) is 0 Å². The van der Waals surface area contributed by atoms with Crippen molar-refractivity contribution in [1.82, 2.24) is 0 Å². The average Bonchev–Trinajstić information content (AvgIpc) is 2.03. The largest absolute Gasteiger partial charge is 0.380 e. The first-order valence-corrected chi connectivity index (χ1v) is 5.97. The number of rotatable bonds is 8. The van der Waals surface area contributed by atoms with Crippen LogP contribution in [0.15, 0.2) is 0 Å². The van der Waals surface area contributed by atoms with Gasteiger partial charge in [-0.05, 0) is 12.2 Å². The topological polar surface area (TPSA) is 9.23 Å². The van der Waals surface area contributed by atoms with Crippen molar-refractivity contribution in [3.63, 3.8) is 0 Å². The third kappa shape index (κ3) is 10.7. The van der Waals surface area contributed by atoms with E-state index in [1.54, 1.807) is 0 Å². The molecule has 11 heavy (non-hydrogen) atoms. The normalized spacial score (nSPS) is 10.4. The van der Waals surface area contributed by atoms with Crippen LogP contribution >= 0.6 is 24.4 Å². The van der Waals surface area contributed by atoms with Crippen LogP contribution in [0.3, 0.4) is 0 Å². The molecule has 0 spiro atoms. The third-order valence-corrected chi connectivity index (χ3v) is 2.47. The monoisotopic (exact) mass is 194 g/mol. The molecule has 0 N–H and O–H groups in total. The van der Waals surface area contributed by atoms with Crippen molar-refractivity contribution in [2.75, 3.05) is 30.5 Å². The molecule has 0 fully saturated rings. The van der Waals surface area contributed by atoms with Crippen LogP contribution < -0.4 is 0 Å². The van der Waals surface area contributed by atoms with Crippen LogP contribution in [0, 0.1) is 0 Å². The van der Waals surface area contributed by atoms with E-state index in [1.165, 1.54) is 18.6 Å². The highest BCUT2D eigenvalue weighted by atomic mass is 32.2. The summed E-state index contributed by atoms with van der Waals surface area (Å²) in [5.41, 5.74) is 0. The fourth-order valence-corrected chi connectivity index (χ4v) is 1.69. The summed E-state index contributed by atoms with van der Waals surface area (Å²) in [5, 5.41) is 0. The van der Waals surface area contributed by atoms with Gasteiger partial charge in [0, 0.05) is 11.5 Å². The lowest BCUT2D eigenvalue weighted by Crippen LogP contribution is -2.00. The van der Waals surface area contributed by atoms with Gasteiger partial charge in [-0.15, -0.1) is 0 Å². The standard InChI is InChI=1S/C8H18OS2/c1-2-3-7-11-8-5-9-4-6-10/h10H,2-8H2,1H3. The van der Waals surface area contributed by atoms with Gasteiger partial charge >= 0.3 is 0 Å². The summed E-state index contributed by atoms with van der Waals surface area (Å²) in [6.07, 6.45) is 2.63. The fraction of sp³-hybridized carbons (Fsp3) is 1.00. The first kappa shape index (κ1) is 11.7. The van der Waals surface area contributed by atoms with E-state index >= 15 is 0 Å². The zero-order valence-electron chi connectivity index (χ0n) is 7.21. The van der Waals surface area contributed by atoms with Crippen LogP contribution in [0.25, 0.3) is 0 Å².